The van der Waals surface area contributed by atoms with Gasteiger partial charge in [0.05, 0.1) is 0 Å². The van der Waals surface area contributed by atoms with Crippen LogP contribution in [0.2, 0.25) is 0 Å². The van der Waals surface area contributed by atoms with Gasteiger partial charge in [0, 0.05) is 31.2 Å². The highest BCUT2D eigenvalue weighted by Crippen LogP contribution is 2.35. The molecule has 1 saturated carbocycles. The molecular weight excluding hydrogens is 244 g/mol. The van der Waals surface area contributed by atoms with Crippen molar-refractivity contribution in [2.45, 2.75) is 83.8 Å². The minimum atomic E-state index is 0.792. The predicted octanol–water partition coefficient (Wildman–Crippen LogP) is 3.76. The standard InChI is InChI=1S/C18H34N2/c1-14(2)18-13-19-11-7-6-10-17(19)12-20(18)15(3)16-8-4-5-9-16/h14-18H,4-13H2,1-3H3. The Morgan fingerprint density at radius 1 is 0.850 bits per heavy atom. The third-order valence-electron chi connectivity index (χ3n) is 6.39. The second-order valence-electron chi connectivity index (χ2n) is 7.94. The fourth-order valence-corrected chi connectivity index (χ4v) is 5.00. The van der Waals surface area contributed by atoms with E-state index >= 15 is 0 Å². The molecule has 1 aliphatic carbocycles. The maximum atomic E-state index is 2.92. The molecule has 2 aliphatic heterocycles. The van der Waals surface area contributed by atoms with E-state index in [1.54, 1.807) is 0 Å². The summed E-state index contributed by atoms with van der Waals surface area (Å²) < 4.78 is 0. The van der Waals surface area contributed by atoms with E-state index in [0.717, 1.165) is 30.0 Å². The van der Waals surface area contributed by atoms with Crippen molar-refractivity contribution in [2.75, 3.05) is 19.6 Å². The van der Waals surface area contributed by atoms with Gasteiger partial charge in [-0.15, -0.1) is 0 Å². The number of piperidine rings is 1. The van der Waals surface area contributed by atoms with Crippen LogP contribution in [0.25, 0.3) is 0 Å². The Labute approximate surface area is 125 Å². The summed E-state index contributed by atoms with van der Waals surface area (Å²) in [5.41, 5.74) is 0. The highest BCUT2D eigenvalue weighted by Gasteiger charge is 2.40. The van der Waals surface area contributed by atoms with E-state index in [4.69, 9.17) is 0 Å². The summed E-state index contributed by atoms with van der Waals surface area (Å²) >= 11 is 0. The van der Waals surface area contributed by atoms with Gasteiger partial charge in [-0.05, 0) is 51.0 Å². The SMILES string of the molecule is CC(C)C1CN2CCCCC2CN1C(C)C1CCCC1. The molecule has 2 nitrogen and oxygen atoms in total. The van der Waals surface area contributed by atoms with Gasteiger partial charge in [-0.1, -0.05) is 33.1 Å². The number of piperazine rings is 1. The Balaban J connectivity index is 1.71. The maximum Gasteiger partial charge on any atom is 0.0249 e. The molecule has 3 fully saturated rings. The average Bonchev–Trinajstić information content (AvgIpc) is 2.99. The molecule has 0 aromatic rings. The fourth-order valence-electron chi connectivity index (χ4n) is 5.00. The van der Waals surface area contributed by atoms with Crippen LogP contribution in [0.1, 0.15) is 65.7 Å². The molecule has 0 aromatic heterocycles. The smallest absolute Gasteiger partial charge is 0.0249 e. The van der Waals surface area contributed by atoms with Crippen molar-refractivity contribution in [2.24, 2.45) is 11.8 Å². The molecule has 2 heteroatoms. The van der Waals surface area contributed by atoms with Crippen molar-refractivity contribution in [1.29, 1.82) is 0 Å². The van der Waals surface area contributed by atoms with E-state index in [-0.39, 0.29) is 0 Å². The minimum Gasteiger partial charge on any atom is -0.298 e. The highest BCUT2D eigenvalue weighted by atomic mass is 15.3. The number of hydrogen-bond donors (Lipinski definition) is 0. The third-order valence-corrected chi connectivity index (χ3v) is 6.39. The van der Waals surface area contributed by atoms with E-state index in [1.807, 2.05) is 0 Å². The summed E-state index contributed by atoms with van der Waals surface area (Å²) in [5, 5.41) is 0. The number of fused-ring (bicyclic) bond motifs is 1. The van der Waals surface area contributed by atoms with Gasteiger partial charge in [-0.25, -0.2) is 0 Å². The van der Waals surface area contributed by atoms with Gasteiger partial charge in [-0.2, -0.15) is 0 Å². The molecule has 3 rings (SSSR count). The first-order valence-corrected chi connectivity index (χ1v) is 9.16. The van der Waals surface area contributed by atoms with Crippen molar-refractivity contribution in [3.63, 3.8) is 0 Å². The molecule has 3 unspecified atom stereocenters. The molecule has 3 atom stereocenters. The van der Waals surface area contributed by atoms with Crippen LogP contribution >= 0.6 is 0 Å². The van der Waals surface area contributed by atoms with Crippen molar-refractivity contribution < 1.29 is 0 Å². The van der Waals surface area contributed by atoms with E-state index < -0.39 is 0 Å². The highest BCUT2D eigenvalue weighted by molar-refractivity contribution is 4.95. The quantitative estimate of drug-likeness (QED) is 0.775. The van der Waals surface area contributed by atoms with Crippen LogP contribution in [0.5, 0.6) is 0 Å². The molecule has 2 saturated heterocycles. The first-order chi connectivity index (χ1) is 9.66. The maximum absolute atomic E-state index is 2.92. The van der Waals surface area contributed by atoms with Crippen LogP contribution in [-0.2, 0) is 0 Å². The van der Waals surface area contributed by atoms with Gasteiger partial charge in [0.25, 0.3) is 0 Å². The third kappa shape index (κ3) is 2.92. The Morgan fingerprint density at radius 3 is 2.25 bits per heavy atom. The molecule has 0 spiro atoms. The molecule has 2 heterocycles. The zero-order valence-corrected chi connectivity index (χ0v) is 13.9. The number of hydrogen-bond acceptors (Lipinski definition) is 2. The molecule has 20 heavy (non-hydrogen) atoms. The van der Waals surface area contributed by atoms with Crippen molar-refractivity contribution in [1.82, 2.24) is 9.80 Å². The van der Waals surface area contributed by atoms with Gasteiger partial charge < -0.3 is 0 Å². The second-order valence-corrected chi connectivity index (χ2v) is 7.94. The van der Waals surface area contributed by atoms with Gasteiger partial charge in [-0.3, -0.25) is 9.80 Å². The van der Waals surface area contributed by atoms with Crippen molar-refractivity contribution >= 4 is 0 Å². The average molecular weight is 278 g/mol. The molecule has 0 N–H and O–H groups in total. The summed E-state index contributed by atoms with van der Waals surface area (Å²) in [4.78, 5) is 5.74. The lowest BCUT2D eigenvalue weighted by Crippen LogP contribution is -2.63. The van der Waals surface area contributed by atoms with E-state index in [0.29, 0.717) is 0 Å². The largest absolute Gasteiger partial charge is 0.298 e. The molecule has 0 amide bonds. The zero-order chi connectivity index (χ0) is 14.1. The predicted molar refractivity (Wildman–Crippen MR) is 86.0 cm³/mol. The van der Waals surface area contributed by atoms with Gasteiger partial charge in [0.1, 0.15) is 0 Å². The number of nitrogens with zero attached hydrogens (tertiary/aromatic N) is 2. The molecule has 0 bridgehead atoms. The van der Waals surface area contributed by atoms with Crippen LogP contribution in [0.15, 0.2) is 0 Å². The first kappa shape index (κ1) is 14.8. The van der Waals surface area contributed by atoms with Gasteiger partial charge in [0.2, 0.25) is 0 Å². The molecule has 0 radical (unpaired) electrons. The topological polar surface area (TPSA) is 6.48 Å². The molecule has 0 aromatic carbocycles. The summed E-state index contributed by atoms with van der Waals surface area (Å²) in [6, 6.07) is 2.47. The lowest BCUT2D eigenvalue weighted by Gasteiger charge is -2.52. The van der Waals surface area contributed by atoms with Crippen LogP contribution in [0, 0.1) is 11.8 Å². The Morgan fingerprint density at radius 2 is 1.55 bits per heavy atom. The lowest BCUT2D eigenvalue weighted by molar-refractivity contribution is -0.0380. The summed E-state index contributed by atoms with van der Waals surface area (Å²) in [5.74, 6) is 1.77. The fraction of sp³-hybridized carbons (Fsp3) is 1.00. The monoisotopic (exact) mass is 278 g/mol. The normalized spacial score (nSPS) is 35.4. The van der Waals surface area contributed by atoms with E-state index in [1.165, 1.54) is 64.6 Å². The van der Waals surface area contributed by atoms with E-state index in [2.05, 4.69) is 30.6 Å². The first-order valence-electron chi connectivity index (χ1n) is 9.16. The van der Waals surface area contributed by atoms with Crippen molar-refractivity contribution in [3.05, 3.63) is 0 Å². The summed E-state index contributed by atoms with van der Waals surface area (Å²) in [6.07, 6.45) is 10.3. The molecular formula is C18H34N2. The second kappa shape index (κ2) is 6.36. The van der Waals surface area contributed by atoms with Crippen LogP contribution in [0.4, 0.5) is 0 Å². The Hall–Kier alpha value is -0.0800. The van der Waals surface area contributed by atoms with E-state index in [9.17, 15) is 0 Å². The van der Waals surface area contributed by atoms with Gasteiger partial charge >= 0.3 is 0 Å². The minimum absolute atomic E-state index is 0.792. The van der Waals surface area contributed by atoms with Crippen LogP contribution < -0.4 is 0 Å². The van der Waals surface area contributed by atoms with Crippen LogP contribution in [-0.4, -0.2) is 47.6 Å². The number of rotatable bonds is 3. The summed E-state index contributed by atoms with van der Waals surface area (Å²) in [7, 11) is 0. The molecule has 116 valence electrons. The molecule has 3 aliphatic rings. The Kier molecular flexibility index (Phi) is 4.72. The van der Waals surface area contributed by atoms with Crippen LogP contribution in [0.3, 0.4) is 0 Å². The van der Waals surface area contributed by atoms with Gasteiger partial charge in [0.15, 0.2) is 0 Å². The van der Waals surface area contributed by atoms with Crippen molar-refractivity contribution in [3.8, 4) is 0 Å². The lowest BCUT2D eigenvalue weighted by atomic mass is 9.88. The Bertz CT molecular complexity index is 309. The zero-order valence-electron chi connectivity index (χ0n) is 13.9. The summed E-state index contributed by atoms with van der Waals surface area (Å²) in [6.45, 7) is 11.4.